The van der Waals surface area contributed by atoms with Crippen molar-refractivity contribution in [3.8, 4) is 11.1 Å². The van der Waals surface area contributed by atoms with Gasteiger partial charge in [0.25, 0.3) is 0 Å². The first-order valence-electron chi connectivity index (χ1n) is 16.2. The van der Waals surface area contributed by atoms with Crippen LogP contribution in [0.3, 0.4) is 0 Å². The average Bonchev–Trinajstić information content (AvgIpc) is 3.60. The molecule has 230 valence electrons. The summed E-state index contributed by atoms with van der Waals surface area (Å²) >= 11 is 1.46. The van der Waals surface area contributed by atoms with E-state index in [4.69, 9.17) is 0 Å². The number of hydrogen-bond donors (Lipinski definition) is 0. The van der Waals surface area contributed by atoms with Crippen LogP contribution in [0.4, 0.5) is 0 Å². The molecule has 5 aromatic carbocycles. The predicted octanol–water partition coefficient (Wildman–Crippen LogP) is 11.5. The van der Waals surface area contributed by atoms with Crippen molar-refractivity contribution >= 4 is 3.21 Å². The van der Waals surface area contributed by atoms with Gasteiger partial charge < -0.3 is 0 Å². The Morgan fingerprint density at radius 2 is 1.16 bits per heavy atom. The Morgan fingerprint density at radius 1 is 0.622 bits per heavy atom. The van der Waals surface area contributed by atoms with Crippen LogP contribution in [-0.2, 0) is 46.9 Å². The van der Waals surface area contributed by atoms with Crippen LogP contribution in [0.15, 0.2) is 109 Å². The molecule has 0 N–H and O–H groups in total. The van der Waals surface area contributed by atoms with Crippen molar-refractivity contribution in [2.45, 2.75) is 91.9 Å². The molecule has 0 spiro atoms. The molecule has 1 aliphatic rings. The summed E-state index contributed by atoms with van der Waals surface area (Å²) in [6, 6.07) is 42.9. The van der Waals surface area contributed by atoms with Gasteiger partial charge in [-0.05, 0) is 28.4 Å². The second-order valence-electron chi connectivity index (χ2n) is 15.3. The van der Waals surface area contributed by atoms with Crippen molar-refractivity contribution in [2.24, 2.45) is 0 Å². The molecule has 6 rings (SSSR count). The van der Waals surface area contributed by atoms with Crippen LogP contribution in [0, 0.1) is 13.0 Å². The van der Waals surface area contributed by atoms with Crippen LogP contribution < -0.4 is 0 Å². The Balaban J connectivity index is 0.000000166. The Bertz CT molecular complexity index is 1610. The van der Waals surface area contributed by atoms with E-state index in [-0.39, 0.29) is 10.8 Å². The number of aryl methyl sites for hydroxylation is 1. The van der Waals surface area contributed by atoms with Crippen molar-refractivity contribution in [1.82, 2.24) is 0 Å². The fourth-order valence-electron chi connectivity index (χ4n) is 5.43. The molecule has 0 aliphatic heterocycles. The number of fused-ring (bicyclic) bond motifs is 3. The Labute approximate surface area is 288 Å². The minimum absolute atomic E-state index is 0.167. The molecule has 0 radical (unpaired) electrons. The van der Waals surface area contributed by atoms with Crippen LogP contribution in [-0.4, -0.2) is 3.21 Å². The standard InChI is InChI=1S/C21H25.C13H10.C10H15.Zr/c1-20(2,3)16-7-9-18-14(12-16)11-15-13-17(21(4,5)6)8-10-19(15)18;1-3-7-12(8-4-1)11-13-9-5-2-6-10-13;1-8-5-6-9(7-8)10(2,3)4;/h7-10,12H,11H2,1-6H3;1-10H;5-7H,1-4H3;/q-1;;-1;+2. The van der Waals surface area contributed by atoms with E-state index in [1.165, 1.54) is 83.1 Å². The molecule has 5 aromatic rings. The summed E-state index contributed by atoms with van der Waals surface area (Å²) in [6.07, 6.45) is 1.03. The SMILES string of the molecule is CC(C)(C)c1[c-]c2c(cc1)-c1ccc(C(C)(C)C)cc1C2.Cc1cc(C(C)(C)C)c[cH-]1.[Zr+2]=[C](c1ccccc1)c1ccccc1. The summed E-state index contributed by atoms with van der Waals surface area (Å²) < 4.78 is 1.42. The van der Waals surface area contributed by atoms with Gasteiger partial charge in [0.1, 0.15) is 0 Å². The first-order chi connectivity index (χ1) is 21.0. The molecular formula is C44H50Zr. The first-order valence-corrected chi connectivity index (χ1v) is 17.4. The van der Waals surface area contributed by atoms with Crippen LogP contribution in [0.25, 0.3) is 11.1 Å². The van der Waals surface area contributed by atoms with E-state index < -0.39 is 0 Å². The molecule has 0 amide bonds. The van der Waals surface area contributed by atoms with Gasteiger partial charge >= 0.3 is 99.2 Å². The van der Waals surface area contributed by atoms with E-state index in [0.717, 1.165) is 6.42 Å². The third-order valence-corrected chi connectivity index (χ3v) is 9.78. The van der Waals surface area contributed by atoms with E-state index in [1.807, 2.05) is 0 Å². The van der Waals surface area contributed by atoms with Crippen molar-refractivity contribution in [3.05, 3.63) is 160 Å². The zero-order valence-corrected chi connectivity index (χ0v) is 31.6. The van der Waals surface area contributed by atoms with Gasteiger partial charge in [-0.15, -0.1) is 11.1 Å². The third kappa shape index (κ3) is 9.27. The molecule has 0 unspecified atom stereocenters. The van der Waals surface area contributed by atoms with Gasteiger partial charge in [-0.3, -0.25) is 0 Å². The summed E-state index contributed by atoms with van der Waals surface area (Å²) in [6.45, 7) is 22.4. The van der Waals surface area contributed by atoms with Gasteiger partial charge in [0.15, 0.2) is 0 Å². The summed E-state index contributed by atoms with van der Waals surface area (Å²) in [5.41, 5.74) is 14.5. The van der Waals surface area contributed by atoms with Gasteiger partial charge in [0, 0.05) is 0 Å². The fourth-order valence-corrected chi connectivity index (χ4v) is 6.25. The molecule has 1 heteroatoms. The molecule has 0 bridgehead atoms. The van der Waals surface area contributed by atoms with E-state index in [2.05, 4.69) is 184 Å². The summed E-state index contributed by atoms with van der Waals surface area (Å²) in [4.78, 5) is 0. The first kappa shape index (κ1) is 34.8. The number of rotatable bonds is 2. The molecule has 0 atom stereocenters. The third-order valence-electron chi connectivity index (χ3n) is 8.36. The number of benzene rings is 4. The maximum absolute atomic E-state index is 3.67. The summed E-state index contributed by atoms with van der Waals surface area (Å²) in [5, 5.41) is 0. The minimum atomic E-state index is 0.167. The zero-order chi connectivity index (χ0) is 33.0. The van der Waals surface area contributed by atoms with Crippen LogP contribution in [0.5, 0.6) is 0 Å². The summed E-state index contributed by atoms with van der Waals surface area (Å²) in [5.74, 6) is 0. The van der Waals surface area contributed by atoms with Gasteiger partial charge in [-0.1, -0.05) is 98.4 Å². The maximum atomic E-state index is 3.67. The van der Waals surface area contributed by atoms with E-state index in [0.29, 0.717) is 5.41 Å². The van der Waals surface area contributed by atoms with Gasteiger partial charge in [-0.25, -0.2) is 6.07 Å². The van der Waals surface area contributed by atoms with Gasteiger partial charge in [0.05, 0.1) is 0 Å². The molecule has 45 heavy (non-hydrogen) atoms. The fraction of sp³-hybridized carbons (Fsp3) is 0.318. The van der Waals surface area contributed by atoms with Crippen molar-refractivity contribution in [2.75, 3.05) is 0 Å². The van der Waals surface area contributed by atoms with E-state index in [9.17, 15) is 0 Å². The summed E-state index contributed by atoms with van der Waals surface area (Å²) in [7, 11) is 0. The topological polar surface area (TPSA) is 0 Å². The Morgan fingerprint density at radius 3 is 1.60 bits per heavy atom. The van der Waals surface area contributed by atoms with Gasteiger partial charge in [0.2, 0.25) is 0 Å². The van der Waals surface area contributed by atoms with Crippen molar-refractivity contribution in [1.29, 1.82) is 0 Å². The van der Waals surface area contributed by atoms with Crippen LogP contribution in [0.2, 0.25) is 0 Å². The van der Waals surface area contributed by atoms with Crippen LogP contribution >= 0.6 is 0 Å². The van der Waals surface area contributed by atoms with Crippen LogP contribution in [0.1, 0.15) is 107 Å². The second kappa shape index (κ2) is 14.2. The normalized spacial score (nSPS) is 12.3. The molecule has 1 aliphatic carbocycles. The Kier molecular flexibility index (Phi) is 11.0. The molecule has 0 nitrogen and oxygen atoms in total. The van der Waals surface area contributed by atoms with Gasteiger partial charge in [-0.2, -0.15) is 47.0 Å². The molecule has 0 fully saturated rings. The molecular weight excluding hydrogens is 620 g/mol. The average molecular weight is 670 g/mol. The van der Waals surface area contributed by atoms with E-state index in [1.54, 1.807) is 0 Å². The molecule has 0 heterocycles. The zero-order valence-electron chi connectivity index (χ0n) is 29.1. The quantitative estimate of drug-likeness (QED) is 0.161. The monoisotopic (exact) mass is 668 g/mol. The second-order valence-corrected chi connectivity index (χ2v) is 16.6. The predicted molar refractivity (Wildman–Crippen MR) is 192 cm³/mol. The van der Waals surface area contributed by atoms with E-state index >= 15 is 0 Å². The Hall–Kier alpha value is -3.02. The molecule has 0 aromatic heterocycles. The molecule has 0 saturated heterocycles. The van der Waals surface area contributed by atoms with Crippen molar-refractivity contribution in [3.63, 3.8) is 0 Å². The number of hydrogen-bond acceptors (Lipinski definition) is 0. The molecule has 0 saturated carbocycles. The van der Waals surface area contributed by atoms with Crippen molar-refractivity contribution < 1.29 is 24.2 Å².